The van der Waals surface area contributed by atoms with Crippen LogP contribution in [-0.4, -0.2) is 41.2 Å². The van der Waals surface area contributed by atoms with Crippen molar-refractivity contribution in [3.8, 4) is 0 Å². The van der Waals surface area contributed by atoms with E-state index in [0.717, 1.165) is 21.2 Å². The molecule has 2 N–H and O–H groups in total. The van der Waals surface area contributed by atoms with Gasteiger partial charge in [-0.2, -0.15) is 0 Å². The maximum absolute atomic E-state index is 12.5. The van der Waals surface area contributed by atoms with Crippen molar-refractivity contribution in [3.05, 3.63) is 58.4 Å². The molecule has 2 aromatic heterocycles. The monoisotopic (exact) mass is 433 g/mol. The van der Waals surface area contributed by atoms with E-state index in [1.807, 2.05) is 24.4 Å². The molecule has 1 aromatic carbocycles. The molecule has 0 atom stereocenters. The molecule has 0 bridgehead atoms. The molecule has 0 aliphatic carbocycles. The fourth-order valence-corrected chi connectivity index (χ4v) is 4.62. The zero-order valence-electron chi connectivity index (χ0n) is 15.7. The summed E-state index contributed by atoms with van der Waals surface area (Å²) in [6, 6.07) is 5.47. The normalized spacial score (nSPS) is 12.1. The highest BCUT2D eigenvalue weighted by molar-refractivity contribution is 7.89. The van der Waals surface area contributed by atoms with Gasteiger partial charge in [-0.3, -0.25) is 14.0 Å². The lowest BCUT2D eigenvalue weighted by atomic mass is 10.1. The molecule has 8 nitrogen and oxygen atoms in total. The van der Waals surface area contributed by atoms with E-state index in [9.17, 15) is 18.0 Å². The van der Waals surface area contributed by atoms with Crippen LogP contribution in [0, 0.1) is 13.8 Å². The van der Waals surface area contributed by atoms with Crippen LogP contribution in [0.1, 0.15) is 33.0 Å². The number of thiazole rings is 1. The lowest BCUT2D eigenvalue weighted by molar-refractivity contribution is -0.136. The highest BCUT2D eigenvalue weighted by atomic mass is 32.2. The van der Waals surface area contributed by atoms with Gasteiger partial charge in [0.2, 0.25) is 10.0 Å². The van der Waals surface area contributed by atoms with Gasteiger partial charge in [0.05, 0.1) is 22.7 Å². The molecule has 0 saturated heterocycles. The summed E-state index contributed by atoms with van der Waals surface area (Å²) in [7, 11) is -3.83. The van der Waals surface area contributed by atoms with E-state index in [1.165, 1.54) is 30.3 Å². The number of fused-ring (bicyclic) bond motifs is 1. The van der Waals surface area contributed by atoms with Crippen molar-refractivity contribution in [1.82, 2.24) is 14.1 Å². The molecule has 2 heterocycles. The van der Waals surface area contributed by atoms with Gasteiger partial charge in [0.1, 0.15) is 0 Å². The van der Waals surface area contributed by atoms with E-state index in [0.29, 0.717) is 5.56 Å². The van der Waals surface area contributed by atoms with E-state index in [1.54, 1.807) is 17.4 Å². The summed E-state index contributed by atoms with van der Waals surface area (Å²) in [5, 5.41) is 8.59. The summed E-state index contributed by atoms with van der Waals surface area (Å²) in [6.45, 7) is 3.65. The van der Waals surface area contributed by atoms with Crippen molar-refractivity contribution in [2.45, 2.75) is 25.2 Å². The number of imidazole rings is 1. The number of nitrogens with one attached hydrogen (secondary N) is 1. The number of carboxylic acids is 1. The highest BCUT2D eigenvalue weighted by Crippen LogP contribution is 2.22. The van der Waals surface area contributed by atoms with Gasteiger partial charge in [-0.15, -0.1) is 11.3 Å². The minimum Gasteiger partial charge on any atom is -0.481 e. The van der Waals surface area contributed by atoms with Gasteiger partial charge < -0.3 is 5.11 Å². The molecule has 0 spiro atoms. The third-order valence-corrected chi connectivity index (χ3v) is 6.51. The van der Waals surface area contributed by atoms with Crippen LogP contribution in [0.3, 0.4) is 0 Å². The van der Waals surface area contributed by atoms with Crippen LogP contribution < -0.4 is 4.72 Å². The average Bonchev–Trinajstić information content (AvgIpc) is 3.14. The Balaban J connectivity index is 1.74. The standard InChI is InChI=1S/C19H19N3O5S2/c1-12-11-22-16(13(2)21-19(22)28-12)7-8-17(23)14-3-5-15(6-4-14)29(26,27)20-10-9-18(24)25/h3-8,11,20H,9-10H2,1-2H3,(H,24,25)/b8-7+. The number of nitrogens with zero attached hydrogens (tertiary/aromatic N) is 2. The number of carbonyl (C=O) groups is 2. The topological polar surface area (TPSA) is 118 Å². The van der Waals surface area contributed by atoms with Crippen molar-refractivity contribution in [2.75, 3.05) is 6.54 Å². The van der Waals surface area contributed by atoms with Gasteiger partial charge in [-0.1, -0.05) is 0 Å². The highest BCUT2D eigenvalue weighted by Gasteiger charge is 2.15. The minimum atomic E-state index is -3.83. The largest absolute Gasteiger partial charge is 0.481 e. The summed E-state index contributed by atoms with van der Waals surface area (Å²) in [6.07, 6.45) is 4.77. The fourth-order valence-electron chi connectivity index (χ4n) is 2.71. The van der Waals surface area contributed by atoms with Crippen LogP contribution in [0.5, 0.6) is 0 Å². The Hall–Kier alpha value is -2.82. The number of sulfonamides is 1. The molecular weight excluding hydrogens is 414 g/mol. The number of rotatable bonds is 8. The second kappa shape index (κ2) is 8.27. The summed E-state index contributed by atoms with van der Waals surface area (Å²) < 4.78 is 28.4. The third kappa shape index (κ3) is 4.78. The summed E-state index contributed by atoms with van der Waals surface area (Å²) in [5.74, 6) is -1.36. The third-order valence-electron chi connectivity index (χ3n) is 4.14. The molecule has 10 heteroatoms. The number of hydrogen-bond donors (Lipinski definition) is 2. The number of allylic oxidation sites excluding steroid dienone is 1. The number of aliphatic carboxylic acids is 1. The van der Waals surface area contributed by atoms with Crippen molar-refractivity contribution in [3.63, 3.8) is 0 Å². The first-order valence-corrected chi connectivity index (χ1v) is 11.0. The molecule has 0 unspecified atom stereocenters. The van der Waals surface area contributed by atoms with Crippen LogP contribution in [0.15, 0.2) is 41.4 Å². The molecule has 0 amide bonds. The average molecular weight is 434 g/mol. The molecule has 3 aromatic rings. The predicted octanol–water partition coefficient (Wildman–Crippen LogP) is 2.66. The van der Waals surface area contributed by atoms with Crippen LogP contribution in [0.4, 0.5) is 0 Å². The maximum Gasteiger partial charge on any atom is 0.304 e. The first-order valence-electron chi connectivity index (χ1n) is 8.66. The molecule has 0 saturated carbocycles. The fraction of sp³-hybridized carbons (Fsp3) is 0.211. The number of hydrogen-bond acceptors (Lipinski definition) is 6. The van der Waals surface area contributed by atoms with E-state index < -0.39 is 16.0 Å². The number of aromatic nitrogens is 2. The minimum absolute atomic E-state index is 0.0366. The lowest BCUT2D eigenvalue weighted by Crippen LogP contribution is -2.26. The quantitative estimate of drug-likeness (QED) is 0.417. The zero-order valence-corrected chi connectivity index (χ0v) is 17.4. The summed E-state index contributed by atoms with van der Waals surface area (Å²) >= 11 is 1.57. The first-order chi connectivity index (χ1) is 13.7. The van der Waals surface area contributed by atoms with Crippen molar-refractivity contribution in [1.29, 1.82) is 0 Å². The molecule has 0 fully saturated rings. The van der Waals surface area contributed by atoms with Crippen molar-refractivity contribution in [2.24, 2.45) is 0 Å². The Kier molecular flexibility index (Phi) is 5.96. The van der Waals surface area contributed by atoms with Crippen LogP contribution in [0.2, 0.25) is 0 Å². The van der Waals surface area contributed by atoms with E-state index >= 15 is 0 Å². The lowest BCUT2D eigenvalue weighted by Gasteiger charge is -2.06. The van der Waals surface area contributed by atoms with Gasteiger partial charge >= 0.3 is 5.97 Å². The Bertz CT molecular complexity index is 1200. The zero-order chi connectivity index (χ0) is 21.2. The van der Waals surface area contributed by atoms with Crippen molar-refractivity contribution < 1.29 is 23.1 Å². The van der Waals surface area contributed by atoms with Gasteiger partial charge in [0.15, 0.2) is 10.7 Å². The van der Waals surface area contributed by atoms with Gasteiger partial charge in [0.25, 0.3) is 0 Å². The van der Waals surface area contributed by atoms with Crippen LogP contribution in [0.25, 0.3) is 11.0 Å². The number of carbonyl (C=O) groups excluding carboxylic acids is 1. The second-order valence-electron chi connectivity index (χ2n) is 6.34. The van der Waals surface area contributed by atoms with E-state index in [4.69, 9.17) is 5.11 Å². The van der Waals surface area contributed by atoms with E-state index in [-0.39, 0.29) is 23.6 Å². The molecule has 152 valence electrons. The van der Waals surface area contributed by atoms with Gasteiger partial charge in [-0.25, -0.2) is 18.1 Å². The van der Waals surface area contributed by atoms with Gasteiger partial charge in [-0.05, 0) is 50.3 Å². The SMILES string of the molecule is Cc1cn2c(/C=C/C(=O)c3ccc(S(=O)(=O)NCCC(=O)O)cc3)c(C)nc2s1. The van der Waals surface area contributed by atoms with Crippen LogP contribution >= 0.6 is 11.3 Å². The molecule has 29 heavy (non-hydrogen) atoms. The number of carboxylic acid groups (broad SMARTS) is 1. The number of benzene rings is 1. The second-order valence-corrected chi connectivity index (χ2v) is 9.32. The summed E-state index contributed by atoms with van der Waals surface area (Å²) in [4.78, 5) is 29.4. The summed E-state index contributed by atoms with van der Waals surface area (Å²) in [5.41, 5.74) is 1.97. The maximum atomic E-state index is 12.5. The first kappa shape index (κ1) is 20.9. The Morgan fingerprint density at radius 1 is 1.24 bits per heavy atom. The van der Waals surface area contributed by atoms with Crippen LogP contribution in [-0.2, 0) is 14.8 Å². The molecule has 3 rings (SSSR count). The van der Waals surface area contributed by atoms with E-state index in [2.05, 4.69) is 9.71 Å². The van der Waals surface area contributed by atoms with Gasteiger partial charge in [0, 0.05) is 23.2 Å². The smallest absolute Gasteiger partial charge is 0.304 e. The molecule has 0 aliphatic heterocycles. The Labute approximate surface area is 171 Å². The Morgan fingerprint density at radius 3 is 2.59 bits per heavy atom. The van der Waals surface area contributed by atoms with Crippen molar-refractivity contribution >= 4 is 44.1 Å². The number of ketones is 1. The molecular formula is C19H19N3O5S2. The Morgan fingerprint density at radius 2 is 1.93 bits per heavy atom. The molecule has 0 aliphatic rings. The predicted molar refractivity (Wildman–Crippen MR) is 110 cm³/mol. The molecule has 0 radical (unpaired) electrons. The number of aryl methyl sites for hydroxylation is 2.